The summed E-state index contributed by atoms with van der Waals surface area (Å²) in [7, 11) is -7.12. The summed E-state index contributed by atoms with van der Waals surface area (Å²) in [4.78, 5) is 12.4. The first-order valence-corrected chi connectivity index (χ1v) is 11.2. The standard InChI is InChI=1S/C18H16N2O5S2/c1-26(22)16-6-2-3-7-17(16)27(23,24)20(26)14-10-8-13(9-11-14)19-18(21)15-5-4-12-25-15/h4-12H,1-3H2,(H,19,21). The molecule has 2 aromatic rings. The van der Waals surface area contributed by atoms with Crippen molar-refractivity contribution in [2.75, 3.05) is 9.03 Å². The Labute approximate surface area is 157 Å². The number of rotatable bonds is 3. The maximum Gasteiger partial charge on any atom is 0.291 e. The van der Waals surface area contributed by atoms with Gasteiger partial charge in [0.1, 0.15) is 4.91 Å². The number of carbonyl (C=O) groups is 1. The van der Waals surface area contributed by atoms with E-state index in [0.717, 1.165) is 3.71 Å². The smallest absolute Gasteiger partial charge is 0.291 e. The van der Waals surface area contributed by atoms with Crippen molar-refractivity contribution in [2.24, 2.45) is 0 Å². The zero-order chi connectivity index (χ0) is 19.2. The second-order valence-electron chi connectivity index (χ2n) is 6.07. The molecule has 1 unspecified atom stereocenters. The molecule has 1 aliphatic heterocycles. The fourth-order valence-corrected chi connectivity index (χ4v) is 8.18. The number of fused-ring (bicyclic) bond motifs is 1. The van der Waals surface area contributed by atoms with Crippen molar-refractivity contribution < 1.29 is 21.8 Å². The molecule has 9 heteroatoms. The first-order valence-electron chi connectivity index (χ1n) is 8.10. The summed E-state index contributed by atoms with van der Waals surface area (Å²) >= 11 is 0. The van der Waals surface area contributed by atoms with Crippen LogP contribution in [0.4, 0.5) is 11.4 Å². The second kappa shape index (κ2) is 6.14. The van der Waals surface area contributed by atoms with Gasteiger partial charge in [0.25, 0.3) is 15.9 Å². The van der Waals surface area contributed by atoms with Gasteiger partial charge in [-0.05, 0) is 55.1 Å². The van der Waals surface area contributed by atoms with Crippen LogP contribution in [0.3, 0.4) is 0 Å². The van der Waals surface area contributed by atoms with Gasteiger partial charge in [0.15, 0.2) is 5.76 Å². The predicted molar refractivity (Wildman–Crippen MR) is 105 cm³/mol. The first kappa shape index (κ1) is 17.6. The highest BCUT2D eigenvalue weighted by atomic mass is 32.3. The van der Waals surface area contributed by atoms with Crippen molar-refractivity contribution in [1.29, 1.82) is 0 Å². The topological polar surface area (TPSA) is 96.7 Å². The summed E-state index contributed by atoms with van der Waals surface area (Å²) in [6.07, 6.45) is 5.88. The molecule has 0 radical (unpaired) electrons. The monoisotopic (exact) mass is 404 g/mol. The third-order valence-corrected chi connectivity index (χ3v) is 9.11. The molecule has 1 amide bonds. The molecular formula is C18H16N2O5S2. The number of amides is 1. The van der Waals surface area contributed by atoms with Gasteiger partial charge in [-0.2, -0.15) is 3.71 Å². The molecule has 1 fully saturated rings. The van der Waals surface area contributed by atoms with Gasteiger partial charge in [-0.25, -0.2) is 12.6 Å². The molecule has 2 heterocycles. The van der Waals surface area contributed by atoms with Crippen LogP contribution in [0.15, 0.2) is 69.0 Å². The Balaban J connectivity index is 1.67. The van der Waals surface area contributed by atoms with Gasteiger partial charge in [-0.15, -0.1) is 0 Å². The van der Waals surface area contributed by atoms with Crippen LogP contribution in [0.1, 0.15) is 23.4 Å². The van der Waals surface area contributed by atoms with Crippen LogP contribution in [0.25, 0.3) is 0 Å². The Kier molecular flexibility index (Phi) is 4.01. The Bertz CT molecular complexity index is 1120. The third kappa shape index (κ3) is 2.79. The lowest BCUT2D eigenvalue weighted by Crippen LogP contribution is -2.29. The zero-order valence-corrected chi connectivity index (χ0v) is 15.8. The lowest BCUT2D eigenvalue weighted by molar-refractivity contribution is 0.0996. The summed E-state index contributed by atoms with van der Waals surface area (Å²) in [6, 6.07) is 9.17. The van der Waals surface area contributed by atoms with E-state index in [9.17, 15) is 17.4 Å². The van der Waals surface area contributed by atoms with E-state index in [1.807, 2.05) is 0 Å². The number of hydrogen-bond donors (Lipinski definition) is 1. The maximum absolute atomic E-state index is 13.2. The van der Waals surface area contributed by atoms with Crippen molar-refractivity contribution >= 4 is 42.9 Å². The highest BCUT2D eigenvalue weighted by Gasteiger charge is 2.46. The van der Waals surface area contributed by atoms with Gasteiger partial charge in [-0.1, -0.05) is 12.2 Å². The molecule has 1 atom stereocenters. The Morgan fingerprint density at radius 3 is 2.30 bits per heavy atom. The van der Waals surface area contributed by atoms with E-state index >= 15 is 0 Å². The van der Waals surface area contributed by atoms with E-state index in [1.165, 1.54) is 36.6 Å². The predicted octanol–water partition coefficient (Wildman–Crippen LogP) is 2.87. The van der Waals surface area contributed by atoms with Gasteiger partial charge in [0.05, 0.1) is 26.6 Å². The van der Waals surface area contributed by atoms with Gasteiger partial charge < -0.3 is 9.73 Å². The molecule has 0 bridgehead atoms. The average molecular weight is 404 g/mol. The molecular weight excluding hydrogens is 388 g/mol. The fraction of sp³-hybridized carbons (Fsp3) is 0.111. The van der Waals surface area contributed by atoms with Gasteiger partial charge in [0, 0.05) is 5.69 Å². The number of anilines is 2. The number of allylic oxidation sites excluding steroid dienone is 2. The molecule has 1 saturated heterocycles. The molecule has 27 heavy (non-hydrogen) atoms. The summed E-state index contributed by atoms with van der Waals surface area (Å²) in [5.74, 6) is 3.43. The van der Waals surface area contributed by atoms with Crippen LogP contribution in [-0.2, 0) is 19.7 Å². The van der Waals surface area contributed by atoms with Crippen molar-refractivity contribution in [1.82, 2.24) is 0 Å². The molecule has 0 saturated carbocycles. The van der Waals surface area contributed by atoms with E-state index in [1.54, 1.807) is 18.2 Å². The van der Waals surface area contributed by atoms with Crippen LogP contribution in [-0.4, -0.2) is 24.4 Å². The maximum atomic E-state index is 13.2. The van der Waals surface area contributed by atoms with Gasteiger partial charge >= 0.3 is 0 Å². The van der Waals surface area contributed by atoms with Crippen LogP contribution >= 0.6 is 0 Å². The Morgan fingerprint density at radius 2 is 1.70 bits per heavy atom. The van der Waals surface area contributed by atoms with E-state index < -0.39 is 25.6 Å². The van der Waals surface area contributed by atoms with Crippen LogP contribution in [0, 0.1) is 0 Å². The van der Waals surface area contributed by atoms with Crippen molar-refractivity contribution in [3.8, 4) is 0 Å². The SMILES string of the molecule is C=S1(=O)C2=CCCC=C2S(=O)(=O)N1c1ccc(NC(=O)c2ccco2)cc1. The molecule has 2 aliphatic rings. The Hall–Kier alpha value is -2.78. The van der Waals surface area contributed by atoms with E-state index in [4.69, 9.17) is 4.42 Å². The second-order valence-corrected chi connectivity index (χ2v) is 10.1. The normalized spacial score (nSPS) is 23.3. The number of hydrogen-bond acceptors (Lipinski definition) is 5. The summed E-state index contributed by atoms with van der Waals surface area (Å²) < 4.78 is 44.8. The van der Waals surface area contributed by atoms with E-state index in [2.05, 4.69) is 11.2 Å². The van der Waals surface area contributed by atoms with Crippen molar-refractivity contribution in [3.63, 3.8) is 0 Å². The molecule has 0 spiro atoms. The quantitative estimate of drug-likeness (QED) is 0.794. The highest BCUT2D eigenvalue weighted by Crippen LogP contribution is 2.43. The molecule has 1 N–H and O–H groups in total. The lowest BCUT2D eigenvalue weighted by Gasteiger charge is -2.19. The minimum Gasteiger partial charge on any atom is -0.459 e. The van der Waals surface area contributed by atoms with Gasteiger partial charge in [0.2, 0.25) is 0 Å². The summed E-state index contributed by atoms with van der Waals surface area (Å²) in [5.41, 5.74) is 0.672. The lowest BCUT2D eigenvalue weighted by atomic mass is 10.2. The van der Waals surface area contributed by atoms with E-state index in [0.29, 0.717) is 18.5 Å². The fourth-order valence-electron chi connectivity index (χ4n) is 3.06. The Morgan fingerprint density at radius 1 is 1.04 bits per heavy atom. The van der Waals surface area contributed by atoms with Crippen molar-refractivity contribution in [2.45, 2.75) is 12.8 Å². The van der Waals surface area contributed by atoms with Crippen molar-refractivity contribution in [3.05, 3.63) is 70.4 Å². The zero-order valence-electron chi connectivity index (χ0n) is 14.1. The van der Waals surface area contributed by atoms with Crippen LogP contribution in [0.2, 0.25) is 0 Å². The molecule has 140 valence electrons. The molecule has 1 aromatic heterocycles. The highest BCUT2D eigenvalue weighted by molar-refractivity contribution is 8.22. The summed E-state index contributed by atoms with van der Waals surface area (Å²) in [5, 5.41) is 2.64. The van der Waals surface area contributed by atoms with E-state index in [-0.39, 0.29) is 21.3 Å². The largest absolute Gasteiger partial charge is 0.459 e. The number of nitrogens with one attached hydrogen (secondary N) is 1. The third-order valence-electron chi connectivity index (χ3n) is 4.26. The average Bonchev–Trinajstić information content (AvgIpc) is 3.22. The number of furan rings is 1. The number of nitrogens with zero attached hydrogens (tertiary/aromatic N) is 1. The molecule has 1 aromatic carbocycles. The molecule has 1 aliphatic carbocycles. The number of carbonyl (C=O) groups excluding carboxylic acids is 1. The number of benzene rings is 1. The minimum absolute atomic E-state index is 0.0731. The molecule has 4 rings (SSSR count). The van der Waals surface area contributed by atoms with Gasteiger partial charge in [-0.3, -0.25) is 4.79 Å². The first-order chi connectivity index (χ1) is 12.8. The summed E-state index contributed by atoms with van der Waals surface area (Å²) in [6.45, 7) is 0. The number of sulfonamides is 1. The van der Waals surface area contributed by atoms with Crippen LogP contribution < -0.4 is 9.03 Å². The van der Waals surface area contributed by atoms with Crippen LogP contribution in [0.5, 0.6) is 0 Å². The molecule has 7 nitrogen and oxygen atoms in total. The minimum atomic E-state index is -3.93.